The zero-order valence-corrected chi connectivity index (χ0v) is 16.4. The van der Waals surface area contributed by atoms with E-state index in [4.69, 9.17) is 0 Å². The Morgan fingerprint density at radius 2 is 1.79 bits per heavy atom. The van der Waals surface area contributed by atoms with Gasteiger partial charge in [0.2, 0.25) is 0 Å². The Bertz CT molecular complexity index is 993. The molecule has 2 heterocycles. The van der Waals surface area contributed by atoms with E-state index in [0.717, 1.165) is 42.8 Å². The van der Waals surface area contributed by atoms with Gasteiger partial charge in [-0.25, -0.2) is 0 Å². The minimum atomic E-state index is 0.410. The highest BCUT2D eigenvalue weighted by Crippen LogP contribution is 2.31. The first-order valence-corrected chi connectivity index (χ1v) is 9.86. The lowest BCUT2D eigenvalue weighted by Crippen LogP contribution is -2.55. The van der Waals surface area contributed by atoms with E-state index in [1.807, 2.05) is 24.3 Å². The van der Waals surface area contributed by atoms with E-state index in [1.165, 1.54) is 5.56 Å². The fraction of sp³-hybridized carbons (Fsp3) is 0.348. The normalized spacial score (nSPS) is 17.8. The first kappa shape index (κ1) is 18.4. The Morgan fingerprint density at radius 3 is 2.54 bits per heavy atom. The van der Waals surface area contributed by atoms with E-state index in [0.29, 0.717) is 17.7 Å². The highest BCUT2D eigenvalue weighted by atomic mass is 15.3. The van der Waals surface area contributed by atoms with Gasteiger partial charge in [0.1, 0.15) is 6.07 Å². The lowest BCUT2D eigenvalue weighted by Gasteiger charge is -2.44. The summed E-state index contributed by atoms with van der Waals surface area (Å²) in [5.74, 6) is 0.512. The molecule has 0 radical (unpaired) electrons. The second-order valence-electron chi connectivity index (χ2n) is 7.74. The molecule has 1 aliphatic heterocycles. The number of nitrogens with zero attached hydrogens (tertiary/aromatic N) is 5. The van der Waals surface area contributed by atoms with Crippen LogP contribution in [0.4, 0.5) is 5.69 Å². The molecule has 1 aliphatic rings. The quantitative estimate of drug-likeness (QED) is 0.697. The Labute approximate surface area is 166 Å². The van der Waals surface area contributed by atoms with E-state index < -0.39 is 0 Å². The molecule has 1 aromatic heterocycles. The van der Waals surface area contributed by atoms with Crippen molar-refractivity contribution in [3.8, 4) is 6.07 Å². The first-order chi connectivity index (χ1) is 13.7. The molecule has 0 spiro atoms. The Balaban J connectivity index is 1.65. The minimum Gasteiger partial charge on any atom is -0.366 e. The van der Waals surface area contributed by atoms with Crippen molar-refractivity contribution in [1.29, 1.82) is 5.26 Å². The number of nitriles is 1. The van der Waals surface area contributed by atoms with Crippen molar-refractivity contribution in [2.45, 2.75) is 26.4 Å². The van der Waals surface area contributed by atoms with E-state index in [2.05, 4.69) is 70.2 Å². The van der Waals surface area contributed by atoms with Gasteiger partial charge in [-0.15, -0.1) is 10.2 Å². The maximum Gasteiger partial charge on any atom is 0.187 e. The molecule has 1 saturated heterocycles. The van der Waals surface area contributed by atoms with Gasteiger partial charge in [0, 0.05) is 37.6 Å². The van der Waals surface area contributed by atoms with E-state index >= 15 is 0 Å². The Hall–Kier alpha value is -2.97. The predicted octanol–water partition coefficient (Wildman–Crippen LogP) is 3.85. The summed E-state index contributed by atoms with van der Waals surface area (Å²) in [5.41, 5.74) is 3.52. The van der Waals surface area contributed by atoms with E-state index in [9.17, 15) is 5.26 Å². The van der Waals surface area contributed by atoms with Gasteiger partial charge >= 0.3 is 0 Å². The van der Waals surface area contributed by atoms with E-state index in [1.54, 1.807) is 0 Å². The number of piperazine rings is 1. The van der Waals surface area contributed by atoms with Crippen molar-refractivity contribution in [3.63, 3.8) is 0 Å². The summed E-state index contributed by atoms with van der Waals surface area (Å²) in [6.07, 6.45) is 0. The molecular formula is C23H25N5. The highest BCUT2D eigenvalue weighted by Gasteiger charge is 2.31. The molecule has 28 heavy (non-hydrogen) atoms. The van der Waals surface area contributed by atoms with Gasteiger partial charge in [-0.05, 0) is 17.5 Å². The van der Waals surface area contributed by atoms with Crippen LogP contribution in [0.3, 0.4) is 0 Å². The van der Waals surface area contributed by atoms with Gasteiger partial charge in [-0.1, -0.05) is 62.4 Å². The van der Waals surface area contributed by atoms with Crippen LogP contribution in [0.15, 0.2) is 54.6 Å². The Kier molecular flexibility index (Phi) is 5.23. The van der Waals surface area contributed by atoms with Crippen LogP contribution in [0.2, 0.25) is 0 Å². The summed E-state index contributed by atoms with van der Waals surface area (Å²) < 4.78 is 0. The number of anilines is 1. The standard InChI is InChI=1S/C23H25N5/c1-17(2)22-16-28(13-12-27(22)15-18-8-4-3-5-9-18)23-19-10-6-7-11-20(19)25-26-21(23)14-24/h3-11,17,22H,12-13,15-16H2,1-2H3. The molecule has 5 heteroatoms. The molecular weight excluding hydrogens is 346 g/mol. The summed E-state index contributed by atoms with van der Waals surface area (Å²) in [6.45, 7) is 8.23. The van der Waals surface area contributed by atoms with Gasteiger partial charge in [-0.2, -0.15) is 5.26 Å². The van der Waals surface area contributed by atoms with Crippen molar-refractivity contribution in [2.75, 3.05) is 24.5 Å². The average Bonchev–Trinajstić information content (AvgIpc) is 2.74. The SMILES string of the molecule is CC(C)C1CN(c2c(C#N)nnc3ccccc23)CCN1Cc1ccccc1. The summed E-state index contributed by atoms with van der Waals surface area (Å²) in [5, 5.41) is 19.1. The number of fused-ring (bicyclic) bond motifs is 1. The molecule has 142 valence electrons. The zero-order chi connectivity index (χ0) is 19.5. The third kappa shape index (κ3) is 3.56. The molecule has 0 N–H and O–H groups in total. The molecule has 0 amide bonds. The maximum absolute atomic E-state index is 9.64. The van der Waals surface area contributed by atoms with Crippen LogP contribution in [-0.4, -0.2) is 40.8 Å². The minimum absolute atomic E-state index is 0.410. The van der Waals surface area contributed by atoms with Crippen LogP contribution in [0, 0.1) is 17.2 Å². The van der Waals surface area contributed by atoms with Crippen molar-refractivity contribution < 1.29 is 0 Å². The lowest BCUT2D eigenvalue weighted by atomic mass is 9.97. The van der Waals surface area contributed by atoms with Crippen molar-refractivity contribution >= 4 is 16.6 Å². The predicted molar refractivity (Wildman–Crippen MR) is 112 cm³/mol. The van der Waals surface area contributed by atoms with Gasteiger partial charge < -0.3 is 4.90 Å². The van der Waals surface area contributed by atoms with Crippen molar-refractivity contribution in [3.05, 3.63) is 65.9 Å². The van der Waals surface area contributed by atoms with Crippen molar-refractivity contribution in [1.82, 2.24) is 15.1 Å². The lowest BCUT2D eigenvalue weighted by molar-refractivity contribution is 0.130. The van der Waals surface area contributed by atoms with Gasteiger partial charge in [0.25, 0.3) is 0 Å². The topological polar surface area (TPSA) is 56.1 Å². The second-order valence-corrected chi connectivity index (χ2v) is 7.74. The summed E-state index contributed by atoms with van der Waals surface area (Å²) in [6, 6.07) is 21.3. The molecule has 1 fully saturated rings. The molecule has 0 bridgehead atoms. The van der Waals surface area contributed by atoms with Crippen LogP contribution >= 0.6 is 0 Å². The van der Waals surface area contributed by atoms with Gasteiger partial charge in [0.05, 0.1) is 11.2 Å². The number of benzene rings is 2. The van der Waals surface area contributed by atoms with Crippen LogP contribution in [0.1, 0.15) is 25.1 Å². The molecule has 0 aliphatic carbocycles. The average molecular weight is 371 g/mol. The van der Waals surface area contributed by atoms with Crippen LogP contribution in [0.5, 0.6) is 0 Å². The van der Waals surface area contributed by atoms with E-state index in [-0.39, 0.29) is 0 Å². The highest BCUT2D eigenvalue weighted by molar-refractivity contribution is 5.93. The summed E-state index contributed by atoms with van der Waals surface area (Å²) >= 11 is 0. The zero-order valence-electron chi connectivity index (χ0n) is 16.4. The molecule has 4 rings (SSSR count). The summed E-state index contributed by atoms with van der Waals surface area (Å²) in [7, 11) is 0. The number of hydrogen-bond donors (Lipinski definition) is 0. The molecule has 1 atom stereocenters. The maximum atomic E-state index is 9.64. The second kappa shape index (κ2) is 7.95. The van der Waals surface area contributed by atoms with Crippen LogP contribution in [-0.2, 0) is 6.54 Å². The number of aromatic nitrogens is 2. The monoisotopic (exact) mass is 371 g/mol. The number of rotatable bonds is 4. The Morgan fingerprint density at radius 1 is 1.04 bits per heavy atom. The largest absolute Gasteiger partial charge is 0.366 e. The smallest absolute Gasteiger partial charge is 0.187 e. The van der Waals surface area contributed by atoms with Crippen LogP contribution < -0.4 is 4.90 Å². The van der Waals surface area contributed by atoms with Crippen LogP contribution in [0.25, 0.3) is 10.9 Å². The number of hydrogen-bond acceptors (Lipinski definition) is 5. The fourth-order valence-corrected chi connectivity index (χ4v) is 4.13. The molecule has 5 nitrogen and oxygen atoms in total. The third-order valence-electron chi connectivity index (χ3n) is 5.59. The first-order valence-electron chi connectivity index (χ1n) is 9.86. The van der Waals surface area contributed by atoms with Crippen molar-refractivity contribution in [2.24, 2.45) is 5.92 Å². The molecule has 0 saturated carbocycles. The molecule has 1 unspecified atom stereocenters. The third-order valence-corrected chi connectivity index (χ3v) is 5.59. The molecule has 2 aromatic carbocycles. The van der Waals surface area contributed by atoms with Gasteiger partial charge in [0.15, 0.2) is 5.69 Å². The van der Waals surface area contributed by atoms with Gasteiger partial charge in [-0.3, -0.25) is 4.90 Å². The summed E-state index contributed by atoms with van der Waals surface area (Å²) in [4.78, 5) is 4.90. The fourth-order valence-electron chi connectivity index (χ4n) is 4.13. The molecule has 3 aromatic rings.